The molecule has 0 bridgehead atoms. The van der Waals surface area contributed by atoms with Gasteiger partial charge in [0.2, 0.25) is 0 Å². The highest BCUT2D eigenvalue weighted by atomic mass is 16.4. The van der Waals surface area contributed by atoms with E-state index in [-0.39, 0.29) is 0 Å². The number of hydrogen-bond acceptors (Lipinski definition) is 2. The smallest absolute Gasteiger partial charge is 0.405 e. The lowest BCUT2D eigenvalue weighted by atomic mass is 10.2. The maximum Gasteiger partial charge on any atom is 0.405 e. The zero-order chi connectivity index (χ0) is 8.85. The van der Waals surface area contributed by atoms with Crippen molar-refractivity contribution in [2.75, 3.05) is 0 Å². The molecule has 64 valence electrons. The van der Waals surface area contributed by atoms with Crippen LogP contribution in [0.25, 0.3) is 0 Å². The summed E-state index contributed by atoms with van der Waals surface area (Å²) in [5.74, 6) is -1.13. The summed E-state index contributed by atoms with van der Waals surface area (Å²) in [6.45, 7) is 1.79. The Labute approximate surface area is 64.0 Å². The molecule has 0 saturated heterocycles. The Morgan fingerprint density at radius 1 is 1.45 bits per heavy atom. The highest BCUT2D eigenvalue weighted by molar-refractivity contribution is 5.78. The fraction of sp³-hybridized carbons (Fsp3) is 0.667. The third-order valence-electron chi connectivity index (χ3n) is 1.17. The lowest BCUT2D eigenvalue weighted by Crippen LogP contribution is -2.39. The topological polar surface area (TPSA) is 86.6 Å². The predicted molar refractivity (Wildman–Crippen MR) is 37.5 cm³/mol. The highest BCUT2D eigenvalue weighted by Crippen LogP contribution is 1.95. The highest BCUT2D eigenvalue weighted by Gasteiger charge is 2.17. The molecule has 3 N–H and O–H groups in total. The molecule has 0 spiro atoms. The van der Waals surface area contributed by atoms with Gasteiger partial charge in [-0.1, -0.05) is 13.3 Å². The van der Waals surface area contributed by atoms with Gasteiger partial charge < -0.3 is 15.5 Å². The van der Waals surface area contributed by atoms with Crippen molar-refractivity contribution in [3.63, 3.8) is 0 Å². The second kappa shape index (κ2) is 4.54. The summed E-state index contributed by atoms with van der Waals surface area (Å²) < 4.78 is 0. The molecule has 5 nitrogen and oxygen atoms in total. The number of carbonyl (C=O) groups is 2. The van der Waals surface area contributed by atoms with Gasteiger partial charge in [0, 0.05) is 0 Å². The average molecular weight is 161 g/mol. The van der Waals surface area contributed by atoms with Gasteiger partial charge in [0.05, 0.1) is 0 Å². The Hall–Kier alpha value is -1.26. The maximum atomic E-state index is 10.3. The van der Waals surface area contributed by atoms with Gasteiger partial charge in [0.1, 0.15) is 6.04 Å². The van der Waals surface area contributed by atoms with Gasteiger partial charge in [-0.15, -0.1) is 0 Å². The van der Waals surface area contributed by atoms with Crippen LogP contribution in [0.5, 0.6) is 0 Å². The number of aliphatic carboxylic acids is 1. The summed E-state index contributed by atoms with van der Waals surface area (Å²) in [7, 11) is 0. The monoisotopic (exact) mass is 161 g/mol. The molecule has 0 aromatic carbocycles. The lowest BCUT2D eigenvalue weighted by Gasteiger charge is -2.09. The molecule has 0 aliphatic rings. The van der Waals surface area contributed by atoms with Gasteiger partial charge in [-0.3, -0.25) is 0 Å². The van der Waals surface area contributed by atoms with Crippen molar-refractivity contribution in [2.45, 2.75) is 25.8 Å². The molecular formula is C6H11NO4. The van der Waals surface area contributed by atoms with E-state index >= 15 is 0 Å². The first kappa shape index (κ1) is 9.74. The molecule has 0 aromatic rings. The fourth-order valence-corrected chi connectivity index (χ4v) is 0.695. The molecule has 0 radical (unpaired) electrons. The number of nitrogens with one attached hydrogen (secondary N) is 1. The van der Waals surface area contributed by atoms with E-state index in [1.54, 1.807) is 6.92 Å². The second-order valence-electron chi connectivity index (χ2n) is 2.13. The molecule has 1 atom stereocenters. The van der Waals surface area contributed by atoms with Crippen LogP contribution in [0, 0.1) is 0 Å². The second-order valence-corrected chi connectivity index (χ2v) is 2.13. The van der Waals surface area contributed by atoms with Crippen molar-refractivity contribution in [3.8, 4) is 0 Å². The van der Waals surface area contributed by atoms with Crippen molar-refractivity contribution < 1.29 is 19.8 Å². The Morgan fingerprint density at radius 3 is 2.27 bits per heavy atom. The standard InChI is InChI=1S/C6H11NO4/c1-2-3-4(5(8)9)7-6(10)11/h4,7H,2-3H2,1H3,(H,8,9)(H,10,11)/t4-/m0/s1. The Balaban J connectivity index is 3.89. The molecule has 0 unspecified atom stereocenters. The van der Waals surface area contributed by atoms with Crippen LogP contribution in [0.1, 0.15) is 19.8 Å². The molecule has 0 saturated carbocycles. The molecule has 1 amide bonds. The Bertz CT molecular complexity index is 157. The van der Waals surface area contributed by atoms with E-state index in [1.807, 2.05) is 5.32 Å². The first-order valence-electron chi connectivity index (χ1n) is 3.30. The van der Waals surface area contributed by atoms with Crippen molar-refractivity contribution in [1.29, 1.82) is 0 Å². The molecule has 5 heteroatoms. The molecule has 0 heterocycles. The van der Waals surface area contributed by atoms with Crippen LogP contribution >= 0.6 is 0 Å². The van der Waals surface area contributed by atoms with E-state index in [1.165, 1.54) is 0 Å². The molecule has 0 rings (SSSR count). The SMILES string of the molecule is CCC[C@H](NC(=O)O)C(=O)O. The zero-order valence-electron chi connectivity index (χ0n) is 6.20. The minimum Gasteiger partial charge on any atom is -0.480 e. The molecule has 0 aromatic heterocycles. The summed E-state index contributed by atoms with van der Waals surface area (Å²) in [4.78, 5) is 20.3. The Morgan fingerprint density at radius 2 is 2.00 bits per heavy atom. The molecule has 11 heavy (non-hydrogen) atoms. The number of amides is 1. The van der Waals surface area contributed by atoms with E-state index in [2.05, 4.69) is 0 Å². The Kier molecular flexibility index (Phi) is 4.02. The predicted octanol–water partition coefficient (Wildman–Crippen LogP) is 0.507. The molecular weight excluding hydrogens is 150 g/mol. The van der Waals surface area contributed by atoms with Crippen LogP contribution in [-0.4, -0.2) is 28.3 Å². The van der Waals surface area contributed by atoms with E-state index in [0.717, 1.165) is 0 Å². The van der Waals surface area contributed by atoms with E-state index < -0.39 is 18.1 Å². The summed E-state index contributed by atoms with van der Waals surface area (Å²) >= 11 is 0. The summed E-state index contributed by atoms with van der Waals surface area (Å²) in [6.07, 6.45) is -0.343. The van der Waals surface area contributed by atoms with E-state index in [0.29, 0.717) is 12.8 Å². The van der Waals surface area contributed by atoms with Crippen LogP contribution in [0.15, 0.2) is 0 Å². The van der Waals surface area contributed by atoms with Gasteiger partial charge in [0.15, 0.2) is 0 Å². The minimum atomic E-state index is -1.30. The van der Waals surface area contributed by atoms with Crippen LogP contribution in [-0.2, 0) is 4.79 Å². The minimum absolute atomic E-state index is 0.321. The van der Waals surface area contributed by atoms with Crippen LogP contribution in [0.2, 0.25) is 0 Å². The molecule has 0 fully saturated rings. The molecule has 0 aliphatic carbocycles. The quantitative estimate of drug-likeness (QED) is 0.560. The van der Waals surface area contributed by atoms with Crippen molar-refractivity contribution in [2.24, 2.45) is 0 Å². The normalized spacial score (nSPS) is 12.1. The van der Waals surface area contributed by atoms with Crippen molar-refractivity contribution in [3.05, 3.63) is 0 Å². The van der Waals surface area contributed by atoms with Gasteiger partial charge in [-0.25, -0.2) is 9.59 Å². The van der Waals surface area contributed by atoms with Crippen molar-refractivity contribution >= 4 is 12.1 Å². The van der Waals surface area contributed by atoms with E-state index in [9.17, 15) is 9.59 Å². The van der Waals surface area contributed by atoms with Crippen LogP contribution < -0.4 is 5.32 Å². The number of carboxylic acids is 1. The maximum absolute atomic E-state index is 10.3. The lowest BCUT2D eigenvalue weighted by molar-refractivity contribution is -0.139. The third kappa shape index (κ3) is 4.19. The fourth-order valence-electron chi connectivity index (χ4n) is 0.695. The van der Waals surface area contributed by atoms with Gasteiger partial charge in [-0.05, 0) is 6.42 Å². The van der Waals surface area contributed by atoms with Crippen LogP contribution in [0.3, 0.4) is 0 Å². The van der Waals surface area contributed by atoms with Gasteiger partial charge in [-0.2, -0.15) is 0 Å². The third-order valence-corrected chi connectivity index (χ3v) is 1.17. The first-order chi connectivity index (χ1) is 5.07. The molecule has 0 aliphatic heterocycles. The van der Waals surface area contributed by atoms with E-state index in [4.69, 9.17) is 10.2 Å². The number of rotatable bonds is 4. The van der Waals surface area contributed by atoms with Crippen LogP contribution in [0.4, 0.5) is 4.79 Å². The summed E-state index contributed by atoms with van der Waals surface area (Å²) in [5, 5.41) is 18.5. The largest absolute Gasteiger partial charge is 0.480 e. The zero-order valence-corrected chi connectivity index (χ0v) is 6.20. The van der Waals surface area contributed by atoms with Crippen molar-refractivity contribution in [1.82, 2.24) is 5.32 Å². The average Bonchev–Trinajstić information content (AvgIpc) is 1.86. The van der Waals surface area contributed by atoms with Gasteiger partial charge >= 0.3 is 12.1 Å². The summed E-state index contributed by atoms with van der Waals surface area (Å²) in [5.41, 5.74) is 0. The first-order valence-corrected chi connectivity index (χ1v) is 3.30. The summed E-state index contributed by atoms with van der Waals surface area (Å²) in [6, 6.07) is -0.975. The van der Waals surface area contributed by atoms with Gasteiger partial charge in [0.25, 0.3) is 0 Å². The number of carboxylic acid groups (broad SMARTS) is 2. The number of hydrogen-bond donors (Lipinski definition) is 3.